The van der Waals surface area contributed by atoms with Crippen LogP contribution in [0.15, 0.2) is 71.3 Å². The smallest absolute Gasteiger partial charge is 0.415 e. The molecule has 30 heavy (non-hydrogen) atoms. The second kappa shape index (κ2) is 8.55. The number of carbonyl (C=O) groups excluding carboxylic acids is 1. The average Bonchev–Trinajstić information content (AvgIpc) is 2.70. The van der Waals surface area contributed by atoms with Crippen molar-refractivity contribution in [2.45, 2.75) is 37.8 Å². The highest BCUT2D eigenvalue weighted by atomic mass is 32.2. The van der Waals surface area contributed by atoms with Crippen molar-refractivity contribution in [2.24, 2.45) is 5.92 Å². The number of amides is 1. The Balaban J connectivity index is 2.00. The summed E-state index contributed by atoms with van der Waals surface area (Å²) in [6, 6.07) is 14.1. The van der Waals surface area contributed by atoms with Crippen molar-refractivity contribution in [3.63, 3.8) is 0 Å². The van der Waals surface area contributed by atoms with Crippen molar-refractivity contribution in [3.05, 3.63) is 77.5 Å². The Morgan fingerprint density at radius 1 is 1.10 bits per heavy atom. The highest BCUT2D eigenvalue weighted by molar-refractivity contribution is 7.91. The zero-order valence-corrected chi connectivity index (χ0v) is 17.7. The van der Waals surface area contributed by atoms with E-state index in [4.69, 9.17) is 4.74 Å². The Morgan fingerprint density at radius 3 is 2.27 bits per heavy atom. The fourth-order valence-corrected chi connectivity index (χ4v) is 5.21. The third kappa shape index (κ3) is 4.38. The topological polar surface area (TPSA) is 63.7 Å². The molecule has 0 aromatic heterocycles. The van der Waals surface area contributed by atoms with Gasteiger partial charge in [-0.1, -0.05) is 48.0 Å². The molecule has 0 N–H and O–H groups in total. The van der Waals surface area contributed by atoms with E-state index in [1.807, 2.05) is 6.92 Å². The first kappa shape index (κ1) is 22.0. The average molecular weight is 435 g/mol. The third-order valence-corrected chi connectivity index (χ3v) is 7.09. The molecule has 0 spiro atoms. The van der Waals surface area contributed by atoms with Gasteiger partial charge in [-0.2, -0.15) is 8.78 Å². The number of sulfone groups is 1. The summed E-state index contributed by atoms with van der Waals surface area (Å²) in [4.78, 5) is 13.4. The molecule has 2 aromatic rings. The van der Waals surface area contributed by atoms with Crippen molar-refractivity contribution >= 4 is 15.9 Å². The van der Waals surface area contributed by atoms with E-state index in [1.165, 1.54) is 19.1 Å². The van der Waals surface area contributed by atoms with Crippen molar-refractivity contribution in [1.29, 1.82) is 0 Å². The molecule has 1 heterocycles. The van der Waals surface area contributed by atoms with Gasteiger partial charge in [0.25, 0.3) is 6.08 Å². The number of cyclic esters (lactones) is 1. The summed E-state index contributed by atoms with van der Waals surface area (Å²) in [5.74, 6) is -1.81. The first-order chi connectivity index (χ1) is 14.1. The minimum atomic E-state index is -3.89. The van der Waals surface area contributed by atoms with Gasteiger partial charge in [-0.05, 0) is 38.5 Å². The van der Waals surface area contributed by atoms with Gasteiger partial charge in [0.2, 0.25) is 0 Å². The lowest BCUT2D eigenvalue weighted by molar-refractivity contribution is 0.0121. The van der Waals surface area contributed by atoms with Gasteiger partial charge in [0, 0.05) is 0 Å². The Labute approximate surface area is 174 Å². The molecule has 8 heteroatoms. The number of ether oxygens (including phenoxy) is 1. The predicted molar refractivity (Wildman–Crippen MR) is 109 cm³/mol. The second-order valence-corrected chi connectivity index (χ2v) is 9.43. The Bertz CT molecular complexity index is 1050. The van der Waals surface area contributed by atoms with Gasteiger partial charge in [0.1, 0.15) is 6.10 Å². The molecular weight excluding hydrogens is 412 g/mol. The number of carbonyl (C=O) groups is 1. The highest BCUT2D eigenvalue weighted by Gasteiger charge is 2.45. The molecule has 1 aliphatic rings. The third-order valence-electron chi connectivity index (χ3n) is 5.30. The maximum Gasteiger partial charge on any atom is 0.415 e. The van der Waals surface area contributed by atoms with Crippen LogP contribution in [0.2, 0.25) is 0 Å². The zero-order valence-electron chi connectivity index (χ0n) is 16.9. The number of rotatable bonds is 5. The molecular formula is C22H23F2NO4S. The van der Waals surface area contributed by atoms with Crippen LogP contribution < -0.4 is 0 Å². The Morgan fingerprint density at radius 2 is 1.70 bits per heavy atom. The molecule has 2 unspecified atom stereocenters. The molecule has 0 saturated carbocycles. The van der Waals surface area contributed by atoms with E-state index >= 15 is 0 Å². The van der Waals surface area contributed by atoms with Crippen LogP contribution in [0.25, 0.3) is 0 Å². The summed E-state index contributed by atoms with van der Waals surface area (Å²) in [6.07, 6.45) is -4.04. The standard InChI is InChI=1S/C22H23F2NO4S/c1-14-9-11-18(12-10-14)30(27,28)13-19-16(3)29-22(26)25(20(19)21(23)24)15(2)17-7-5-4-6-8-17/h4-12,15-16,19H,13H2,1-3H3/t15-,16?,19?/m0/s1. The van der Waals surface area contributed by atoms with Crippen LogP contribution in [0.1, 0.15) is 31.0 Å². The van der Waals surface area contributed by atoms with E-state index < -0.39 is 51.5 Å². The maximum absolute atomic E-state index is 14.1. The van der Waals surface area contributed by atoms with Crippen LogP contribution in [0, 0.1) is 12.8 Å². The number of hydrogen-bond donors (Lipinski definition) is 0. The number of nitrogens with zero attached hydrogens (tertiary/aromatic N) is 1. The van der Waals surface area contributed by atoms with Crippen LogP contribution >= 0.6 is 0 Å². The van der Waals surface area contributed by atoms with E-state index in [-0.39, 0.29) is 4.90 Å². The molecule has 1 fully saturated rings. The van der Waals surface area contributed by atoms with E-state index in [1.54, 1.807) is 49.4 Å². The lowest BCUT2D eigenvalue weighted by Crippen LogP contribution is -2.48. The fourth-order valence-electron chi connectivity index (χ4n) is 3.57. The molecule has 0 aliphatic carbocycles. The Hall–Kier alpha value is -2.74. The lowest BCUT2D eigenvalue weighted by atomic mass is 9.96. The second-order valence-electron chi connectivity index (χ2n) is 7.39. The number of aryl methyl sites for hydroxylation is 1. The minimum absolute atomic E-state index is 0.0403. The molecule has 3 rings (SSSR count). The summed E-state index contributed by atoms with van der Waals surface area (Å²) in [7, 11) is -3.89. The molecule has 1 saturated heterocycles. The lowest BCUT2D eigenvalue weighted by Gasteiger charge is -2.41. The molecule has 2 aromatic carbocycles. The molecule has 0 radical (unpaired) electrons. The molecule has 5 nitrogen and oxygen atoms in total. The largest absolute Gasteiger partial charge is 0.445 e. The van der Waals surface area contributed by atoms with Crippen molar-refractivity contribution in [1.82, 2.24) is 4.90 Å². The summed E-state index contributed by atoms with van der Waals surface area (Å²) < 4.78 is 59.4. The van der Waals surface area contributed by atoms with Gasteiger partial charge in [-0.25, -0.2) is 13.2 Å². The first-order valence-electron chi connectivity index (χ1n) is 9.51. The van der Waals surface area contributed by atoms with Gasteiger partial charge in [-0.3, -0.25) is 4.90 Å². The highest BCUT2D eigenvalue weighted by Crippen LogP contribution is 2.39. The van der Waals surface area contributed by atoms with Gasteiger partial charge in [0.15, 0.2) is 9.84 Å². The molecule has 160 valence electrons. The van der Waals surface area contributed by atoms with Crippen LogP contribution in [0.4, 0.5) is 13.6 Å². The quantitative estimate of drug-likeness (QED) is 0.656. The van der Waals surface area contributed by atoms with Crippen LogP contribution in [-0.4, -0.2) is 31.3 Å². The van der Waals surface area contributed by atoms with Crippen molar-refractivity contribution in [3.8, 4) is 0 Å². The summed E-state index contributed by atoms with van der Waals surface area (Å²) in [5, 5.41) is 0. The SMILES string of the molecule is Cc1ccc(S(=O)(=O)CC2C(=C(F)F)N([C@@H](C)c3ccccc3)C(=O)OC2C)cc1. The number of halogens is 2. The number of hydrogen-bond acceptors (Lipinski definition) is 4. The normalized spacial score (nSPS) is 20.6. The van der Waals surface area contributed by atoms with Gasteiger partial charge < -0.3 is 4.74 Å². The Kier molecular flexibility index (Phi) is 6.26. The van der Waals surface area contributed by atoms with E-state index in [2.05, 4.69) is 0 Å². The van der Waals surface area contributed by atoms with E-state index in [9.17, 15) is 22.0 Å². The van der Waals surface area contributed by atoms with Gasteiger partial charge in [-0.15, -0.1) is 0 Å². The predicted octanol–water partition coefficient (Wildman–Crippen LogP) is 5.09. The molecule has 3 atom stereocenters. The van der Waals surface area contributed by atoms with Crippen LogP contribution in [0.3, 0.4) is 0 Å². The maximum atomic E-state index is 14.1. The fraction of sp³-hybridized carbons (Fsp3) is 0.318. The van der Waals surface area contributed by atoms with Crippen LogP contribution in [-0.2, 0) is 14.6 Å². The van der Waals surface area contributed by atoms with E-state index in [0.29, 0.717) is 5.56 Å². The van der Waals surface area contributed by atoms with E-state index in [0.717, 1.165) is 10.5 Å². The van der Waals surface area contributed by atoms with Crippen molar-refractivity contribution < 1.29 is 26.7 Å². The zero-order chi connectivity index (χ0) is 22.1. The number of benzene rings is 2. The summed E-state index contributed by atoms with van der Waals surface area (Å²) >= 11 is 0. The molecule has 1 aliphatic heterocycles. The van der Waals surface area contributed by atoms with Gasteiger partial charge in [0.05, 0.1) is 28.3 Å². The monoisotopic (exact) mass is 435 g/mol. The van der Waals surface area contributed by atoms with Crippen LogP contribution in [0.5, 0.6) is 0 Å². The van der Waals surface area contributed by atoms with Gasteiger partial charge >= 0.3 is 6.09 Å². The first-order valence-corrected chi connectivity index (χ1v) is 11.2. The molecule has 0 bridgehead atoms. The molecule has 1 amide bonds. The summed E-state index contributed by atoms with van der Waals surface area (Å²) in [5.41, 5.74) is 0.904. The summed E-state index contributed by atoms with van der Waals surface area (Å²) in [6.45, 7) is 4.85. The minimum Gasteiger partial charge on any atom is -0.445 e. The van der Waals surface area contributed by atoms with Crippen molar-refractivity contribution in [2.75, 3.05) is 5.75 Å².